The lowest BCUT2D eigenvalue weighted by Gasteiger charge is -2.12. The van der Waals surface area contributed by atoms with Gasteiger partial charge in [-0.05, 0) is 76.9 Å². The second-order valence-electron chi connectivity index (χ2n) is 17.6. The zero-order valence-electron chi connectivity index (χ0n) is 37.2. The van der Waals surface area contributed by atoms with E-state index in [9.17, 15) is 0 Å². The number of nitrogens with zero attached hydrogens (tertiary/aromatic N) is 5. The first-order chi connectivity index (χ1) is 34.2. The van der Waals surface area contributed by atoms with Crippen LogP contribution in [0, 0.1) is 0 Å². The maximum atomic E-state index is 7.37. The van der Waals surface area contributed by atoms with Gasteiger partial charge in [-0.3, -0.25) is 0 Å². The van der Waals surface area contributed by atoms with E-state index in [0.717, 1.165) is 99.4 Å². The number of rotatable bonds is 7. The molecule has 0 spiro atoms. The van der Waals surface area contributed by atoms with Gasteiger partial charge >= 0.3 is 0 Å². The molecule has 0 fully saturated rings. The van der Waals surface area contributed by atoms with E-state index in [1.54, 1.807) is 0 Å². The fraction of sp³-hybridized carbons (Fsp3) is 0. The molecule has 0 radical (unpaired) electrons. The molecular formula is C63H39N5O. The lowest BCUT2D eigenvalue weighted by Crippen LogP contribution is -2.01. The Bertz CT molecular complexity index is 4280. The zero-order chi connectivity index (χ0) is 45.4. The van der Waals surface area contributed by atoms with Crippen LogP contribution in [-0.4, -0.2) is 24.1 Å². The second-order valence-corrected chi connectivity index (χ2v) is 17.6. The molecule has 4 aromatic heterocycles. The Hall–Kier alpha value is -9.39. The Labute approximate surface area is 396 Å². The lowest BCUT2D eigenvalue weighted by molar-refractivity contribution is 0.673. The Balaban J connectivity index is 0.974. The van der Waals surface area contributed by atoms with Crippen molar-refractivity contribution in [2.45, 2.75) is 0 Å². The third-order valence-corrected chi connectivity index (χ3v) is 13.6. The highest BCUT2D eigenvalue weighted by Crippen LogP contribution is 2.45. The highest BCUT2D eigenvalue weighted by Gasteiger charge is 2.24. The molecule has 0 N–H and O–H groups in total. The van der Waals surface area contributed by atoms with E-state index in [0.29, 0.717) is 17.5 Å². The molecule has 322 valence electrons. The second kappa shape index (κ2) is 15.6. The van der Waals surface area contributed by atoms with E-state index >= 15 is 0 Å². The number of benzene rings is 10. The van der Waals surface area contributed by atoms with E-state index in [1.807, 2.05) is 36.4 Å². The van der Waals surface area contributed by atoms with E-state index in [-0.39, 0.29) is 0 Å². The Morgan fingerprint density at radius 1 is 0.261 bits per heavy atom. The summed E-state index contributed by atoms with van der Waals surface area (Å²) >= 11 is 0. The number of hydrogen-bond acceptors (Lipinski definition) is 4. The molecule has 14 rings (SSSR count). The molecule has 4 heterocycles. The standard InChI is InChI=1S/C63H39N5O/c1-4-16-40(17-5-1)42-30-32-47(33-31-42)67-55-28-12-10-26-49(55)51-34-36-53-54-37-35-52-50-27-11-13-29-56(50)68(58(52)60(54)69-59(53)57(51)67)48-25-15-24-46(39-48)63-65-61(43-20-8-3-9-21-43)64-62(66-63)45-23-14-22-44(38-45)41-18-6-2-7-19-41/h1-39H. The van der Waals surface area contributed by atoms with E-state index in [4.69, 9.17) is 19.4 Å². The van der Waals surface area contributed by atoms with Crippen LogP contribution in [0.3, 0.4) is 0 Å². The van der Waals surface area contributed by atoms with Gasteiger partial charge in [-0.2, -0.15) is 0 Å². The van der Waals surface area contributed by atoms with Crippen LogP contribution < -0.4 is 0 Å². The van der Waals surface area contributed by atoms with Crippen molar-refractivity contribution >= 4 is 65.6 Å². The van der Waals surface area contributed by atoms with Gasteiger partial charge in [0, 0.05) is 60.4 Å². The van der Waals surface area contributed by atoms with Crippen molar-refractivity contribution in [2.75, 3.05) is 0 Å². The summed E-state index contributed by atoms with van der Waals surface area (Å²) in [4.78, 5) is 15.4. The molecule has 0 amide bonds. The van der Waals surface area contributed by atoms with E-state index in [2.05, 4.69) is 209 Å². The maximum Gasteiger partial charge on any atom is 0.164 e. The summed E-state index contributed by atoms with van der Waals surface area (Å²) < 4.78 is 12.1. The quantitative estimate of drug-likeness (QED) is 0.160. The SMILES string of the molecule is c1ccc(-c2ccc(-n3c4ccccc4c4ccc5c6ccc7c8ccccc8n(-c8cccc(-c9nc(-c%10ccccc%10)nc(-c%10cccc(-c%11ccccc%11)c%10)n9)c8)c7c6oc5c43)cc2)cc1. The van der Waals surface area contributed by atoms with Crippen LogP contribution in [-0.2, 0) is 0 Å². The lowest BCUT2D eigenvalue weighted by atomic mass is 10.0. The number of fused-ring (bicyclic) bond motifs is 11. The number of hydrogen-bond donors (Lipinski definition) is 0. The van der Waals surface area contributed by atoms with Gasteiger partial charge in [0.15, 0.2) is 28.6 Å². The average Bonchev–Trinajstić information content (AvgIpc) is 4.10. The summed E-state index contributed by atoms with van der Waals surface area (Å²) in [6.07, 6.45) is 0. The van der Waals surface area contributed by atoms with Gasteiger partial charge in [0.1, 0.15) is 0 Å². The van der Waals surface area contributed by atoms with Crippen molar-refractivity contribution in [1.82, 2.24) is 24.1 Å². The smallest absolute Gasteiger partial charge is 0.164 e. The van der Waals surface area contributed by atoms with Crippen LogP contribution in [0.25, 0.3) is 133 Å². The maximum absolute atomic E-state index is 7.37. The fourth-order valence-corrected chi connectivity index (χ4v) is 10.4. The first-order valence-corrected chi connectivity index (χ1v) is 23.3. The van der Waals surface area contributed by atoms with Crippen LogP contribution in [0.15, 0.2) is 241 Å². The van der Waals surface area contributed by atoms with Gasteiger partial charge in [0.2, 0.25) is 0 Å². The van der Waals surface area contributed by atoms with Gasteiger partial charge in [0.05, 0.1) is 22.1 Å². The van der Waals surface area contributed by atoms with Gasteiger partial charge < -0.3 is 13.6 Å². The molecule has 0 aliphatic heterocycles. The molecule has 6 nitrogen and oxygen atoms in total. The van der Waals surface area contributed by atoms with E-state index < -0.39 is 0 Å². The molecule has 0 saturated heterocycles. The minimum Gasteiger partial charge on any atom is -0.452 e. The van der Waals surface area contributed by atoms with Crippen LogP contribution in [0.2, 0.25) is 0 Å². The van der Waals surface area contributed by atoms with Crippen molar-refractivity contribution < 1.29 is 4.42 Å². The Morgan fingerprint density at radius 2 is 0.667 bits per heavy atom. The molecule has 0 saturated carbocycles. The molecule has 0 aliphatic carbocycles. The van der Waals surface area contributed by atoms with Crippen molar-refractivity contribution in [3.8, 4) is 67.8 Å². The summed E-state index contributed by atoms with van der Waals surface area (Å²) in [5.74, 6) is 1.81. The third kappa shape index (κ3) is 6.30. The van der Waals surface area contributed by atoms with E-state index in [1.165, 1.54) is 16.5 Å². The number of furan rings is 1. The van der Waals surface area contributed by atoms with Gasteiger partial charge in [0.25, 0.3) is 0 Å². The first-order valence-electron chi connectivity index (χ1n) is 23.3. The monoisotopic (exact) mass is 881 g/mol. The Morgan fingerprint density at radius 3 is 1.25 bits per heavy atom. The van der Waals surface area contributed by atoms with Crippen LogP contribution in [0.1, 0.15) is 0 Å². The summed E-state index contributed by atoms with van der Waals surface area (Å²) in [6.45, 7) is 0. The predicted octanol–water partition coefficient (Wildman–Crippen LogP) is 16.3. The summed E-state index contributed by atoms with van der Waals surface area (Å²) in [7, 11) is 0. The summed E-state index contributed by atoms with van der Waals surface area (Å²) in [5, 5.41) is 6.71. The summed E-state index contributed by atoms with van der Waals surface area (Å²) in [5.41, 5.74) is 15.3. The molecule has 0 unspecified atom stereocenters. The topological polar surface area (TPSA) is 61.7 Å². The largest absolute Gasteiger partial charge is 0.452 e. The third-order valence-electron chi connectivity index (χ3n) is 13.6. The molecule has 10 aromatic carbocycles. The molecule has 0 aliphatic rings. The average molecular weight is 882 g/mol. The van der Waals surface area contributed by atoms with Crippen LogP contribution in [0.4, 0.5) is 0 Å². The Kier molecular flexibility index (Phi) is 8.79. The van der Waals surface area contributed by atoms with Gasteiger partial charge in [-0.15, -0.1) is 0 Å². The number of para-hydroxylation sites is 2. The normalized spacial score (nSPS) is 11.8. The highest BCUT2D eigenvalue weighted by molar-refractivity contribution is 6.26. The van der Waals surface area contributed by atoms with Gasteiger partial charge in [-0.1, -0.05) is 182 Å². The molecule has 0 bridgehead atoms. The zero-order valence-corrected chi connectivity index (χ0v) is 37.2. The highest BCUT2D eigenvalue weighted by atomic mass is 16.3. The predicted molar refractivity (Wildman–Crippen MR) is 283 cm³/mol. The first kappa shape index (κ1) is 38.8. The van der Waals surface area contributed by atoms with Gasteiger partial charge in [-0.25, -0.2) is 15.0 Å². The number of aromatic nitrogens is 5. The molecular weight excluding hydrogens is 843 g/mol. The van der Waals surface area contributed by atoms with Crippen molar-refractivity contribution in [3.63, 3.8) is 0 Å². The van der Waals surface area contributed by atoms with Crippen LogP contribution in [0.5, 0.6) is 0 Å². The van der Waals surface area contributed by atoms with Crippen molar-refractivity contribution in [2.24, 2.45) is 0 Å². The molecule has 0 atom stereocenters. The molecule has 6 heteroatoms. The van der Waals surface area contributed by atoms with Crippen molar-refractivity contribution in [1.29, 1.82) is 0 Å². The molecule has 14 aromatic rings. The minimum atomic E-state index is 0.590. The minimum absolute atomic E-state index is 0.590. The summed E-state index contributed by atoms with van der Waals surface area (Å²) in [6, 6.07) is 83.2. The van der Waals surface area contributed by atoms with Crippen LogP contribution >= 0.6 is 0 Å². The van der Waals surface area contributed by atoms with Crippen molar-refractivity contribution in [3.05, 3.63) is 237 Å². The fourth-order valence-electron chi connectivity index (χ4n) is 10.4. The molecule has 69 heavy (non-hydrogen) atoms.